The Morgan fingerprint density at radius 2 is 2.11 bits per heavy atom. The number of para-hydroxylation sites is 1. The minimum Gasteiger partial charge on any atom is -0.384 e. The molecule has 0 amide bonds. The van der Waals surface area contributed by atoms with Crippen LogP contribution in [0.2, 0.25) is 0 Å². The van der Waals surface area contributed by atoms with E-state index in [1.807, 2.05) is 0 Å². The maximum Gasteiger partial charge on any atom is 0.149 e. The second-order valence-corrected chi connectivity index (χ2v) is 4.21. The fourth-order valence-corrected chi connectivity index (χ4v) is 1.94. The number of benzene rings is 1. The Balaban J connectivity index is 2.15. The summed E-state index contributed by atoms with van der Waals surface area (Å²) in [7, 11) is 0. The summed E-state index contributed by atoms with van der Waals surface area (Å²) in [6.07, 6.45) is 2.68. The van der Waals surface area contributed by atoms with E-state index < -0.39 is 0 Å². The van der Waals surface area contributed by atoms with E-state index in [9.17, 15) is 0 Å². The Hall–Kier alpha value is -2.10. The Labute approximate surface area is 107 Å². The minimum absolute atomic E-state index is 0.502. The molecule has 4 nitrogen and oxygen atoms in total. The van der Waals surface area contributed by atoms with Crippen LogP contribution in [0.5, 0.6) is 0 Å². The number of hydrogen-bond donors (Lipinski definition) is 2. The van der Waals surface area contributed by atoms with Crippen LogP contribution in [0.3, 0.4) is 0 Å². The zero-order chi connectivity index (χ0) is 13.0. The molecule has 0 radical (unpaired) electrons. The lowest BCUT2D eigenvalue weighted by molar-refractivity contribution is 0.947. The number of nitrogen functional groups attached to an aromatic ring is 1. The molecule has 0 aliphatic heterocycles. The average molecular weight is 242 g/mol. The lowest BCUT2D eigenvalue weighted by atomic mass is 10.1. The predicted molar refractivity (Wildman–Crippen MR) is 74.3 cm³/mol. The first-order valence-corrected chi connectivity index (χ1v) is 6.10. The van der Waals surface area contributed by atoms with Crippen LogP contribution in [0, 0.1) is 6.92 Å². The molecule has 0 spiro atoms. The van der Waals surface area contributed by atoms with Crippen molar-refractivity contribution in [3.05, 3.63) is 47.4 Å². The van der Waals surface area contributed by atoms with Gasteiger partial charge in [0.1, 0.15) is 11.6 Å². The van der Waals surface area contributed by atoms with Gasteiger partial charge in [-0.25, -0.2) is 9.97 Å². The Kier molecular flexibility index (Phi) is 3.77. The van der Waals surface area contributed by atoms with Crippen molar-refractivity contribution in [1.82, 2.24) is 9.97 Å². The number of rotatable bonds is 4. The fraction of sp³-hybridized carbons (Fsp3) is 0.286. The fourth-order valence-electron chi connectivity index (χ4n) is 1.94. The first-order valence-electron chi connectivity index (χ1n) is 6.10. The summed E-state index contributed by atoms with van der Waals surface area (Å²) >= 11 is 0. The van der Waals surface area contributed by atoms with Crippen LogP contribution in [0.25, 0.3) is 0 Å². The van der Waals surface area contributed by atoms with Crippen LogP contribution in [0.15, 0.2) is 30.5 Å². The third-order valence-electron chi connectivity index (χ3n) is 2.89. The highest BCUT2D eigenvalue weighted by molar-refractivity contribution is 5.57. The van der Waals surface area contributed by atoms with E-state index >= 15 is 0 Å². The van der Waals surface area contributed by atoms with Gasteiger partial charge in [-0.15, -0.1) is 0 Å². The highest BCUT2D eigenvalue weighted by Gasteiger charge is 2.04. The van der Waals surface area contributed by atoms with Crippen molar-refractivity contribution in [1.29, 1.82) is 0 Å². The van der Waals surface area contributed by atoms with E-state index in [1.165, 1.54) is 16.8 Å². The molecule has 0 saturated heterocycles. The van der Waals surface area contributed by atoms with Crippen molar-refractivity contribution in [3.63, 3.8) is 0 Å². The maximum absolute atomic E-state index is 5.63. The Morgan fingerprint density at radius 3 is 2.83 bits per heavy atom. The number of nitrogens with zero attached hydrogens (tertiary/aromatic N) is 2. The monoisotopic (exact) mass is 242 g/mol. The molecule has 1 aromatic carbocycles. The molecule has 2 rings (SSSR count). The molecule has 0 aliphatic carbocycles. The molecule has 0 saturated carbocycles. The van der Waals surface area contributed by atoms with Gasteiger partial charge in [0.05, 0.1) is 6.54 Å². The van der Waals surface area contributed by atoms with Crippen molar-refractivity contribution in [3.8, 4) is 0 Å². The van der Waals surface area contributed by atoms with Crippen LogP contribution >= 0.6 is 0 Å². The van der Waals surface area contributed by atoms with Crippen molar-refractivity contribution in [2.75, 3.05) is 11.1 Å². The van der Waals surface area contributed by atoms with Crippen molar-refractivity contribution < 1.29 is 0 Å². The zero-order valence-corrected chi connectivity index (χ0v) is 10.8. The molecule has 3 N–H and O–H groups in total. The summed E-state index contributed by atoms with van der Waals surface area (Å²) in [6.45, 7) is 4.83. The quantitative estimate of drug-likeness (QED) is 0.864. The van der Waals surface area contributed by atoms with E-state index in [-0.39, 0.29) is 0 Å². The van der Waals surface area contributed by atoms with Crippen LogP contribution in [-0.4, -0.2) is 9.97 Å². The molecular formula is C14H18N4. The molecule has 1 aromatic heterocycles. The van der Waals surface area contributed by atoms with Gasteiger partial charge in [0.25, 0.3) is 0 Å². The molecule has 1 heterocycles. The molecule has 18 heavy (non-hydrogen) atoms. The van der Waals surface area contributed by atoms with Gasteiger partial charge in [-0.05, 0) is 30.5 Å². The first kappa shape index (κ1) is 12.4. The maximum atomic E-state index is 5.63. The van der Waals surface area contributed by atoms with Crippen LogP contribution in [-0.2, 0) is 13.0 Å². The predicted octanol–water partition coefficient (Wildman–Crippen LogP) is 2.54. The van der Waals surface area contributed by atoms with Crippen molar-refractivity contribution in [2.45, 2.75) is 26.8 Å². The Morgan fingerprint density at radius 1 is 1.28 bits per heavy atom. The molecule has 0 atom stereocenters. The van der Waals surface area contributed by atoms with Crippen molar-refractivity contribution >= 4 is 11.5 Å². The topological polar surface area (TPSA) is 63.8 Å². The highest BCUT2D eigenvalue weighted by Crippen LogP contribution is 2.21. The zero-order valence-electron chi connectivity index (χ0n) is 10.8. The van der Waals surface area contributed by atoms with E-state index in [1.54, 1.807) is 12.3 Å². The van der Waals surface area contributed by atoms with E-state index in [0.29, 0.717) is 18.2 Å². The molecule has 0 aliphatic rings. The Bertz CT molecular complexity index is 537. The lowest BCUT2D eigenvalue weighted by Crippen LogP contribution is -2.08. The van der Waals surface area contributed by atoms with Crippen LogP contribution in [0.1, 0.15) is 23.9 Å². The second kappa shape index (κ2) is 5.49. The first-order chi connectivity index (χ1) is 8.70. The molecule has 2 aromatic rings. The minimum atomic E-state index is 0.502. The average Bonchev–Trinajstić information content (AvgIpc) is 2.37. The molecule has 0 unspecified atom stereocenters. The SMILES string of the molecule is CCc1cccc(C)c1NCc1nccc(N)n1. The van der Waals surface area contributed by atoms with Gasteiger partial charge >= 0.3 is 0 Å². The van der Waals surface area contributed by atoms with Gasteiger partial charge in [0.15, 0.2) is 0 Å². The number of nitrogens with two attached hydrogens (primary N) is 1. The molecular weight excluding hydrogens is 224 g/mol. The van der Waals surface area contributed by atoms with E-state index in [0.717, 1.165) is 6.42 Å². The van der Waals surface area contributed by atoms with Gasteiger partial charge in [-0.1, -0.05) is 25.1 Å². The summed E-state index contributed by atoms with van der Waals surface area (Å²) in [6, 6.07) is 8.00. The van der Waals surface area contributed by atoms with Gasteiger partial charge in [0.2, 0.25) is 0 Å². The van der Waals surface area contributed by atoms with Gasteiger partial charge in [0, 0.05) is 11.9 Å². The smallest absolute Gasteiger partial charge is 0.149 e. The van der Waals surface area contributed by atoms with E-state index in [2.05, 4.69) is 47.3 Å². The second-order valence-electron chi connectivity index (χ2n) is 4.21. The number of aromatic nitrogens is 2. The van der Waals surface area contributed by atoms with Gasteiger partial charge < -0.3 is 11.1 Å². The normalized spacial score (nSPS) is 10.3. The van der Waals surface area contributed by atoms with Gasteiger partial charge in [-0.2, -0.15) is 0 Å². The molecule has 0 bridgehead atoms. The molecule has 4 heteroatoms. The summed E-state index contributed by atoms with van der Waals surface area (Å²) in [5, 5.41) is 3.40. The van der Waals surface area contributed by atoms with Crippen LogP contribution < -0.4 is 11.1 Å². The van der Waals surface area contributed by atoms with Crippen molar-refractivity contribution in [2.24, 2.45) is 0 Å². The molecule has 0 fully saturated rings. The summed E-state index contributed by atoms with van der Waals surface area (Å²) < 4.78 is 0. The summed E-state index contributed by atoms with van der Waals surface area (Å²) in [5.41, 5.74) is 9.35. The number of nitrogens with one attached hydrogen (secondary N) is 1. The van der Waals surface area contributed by atoms with E-state index in [4.69, 9.17) is 5.73 Å². The molecule has 94 valence electrons. The lowest BCUT2D eigenvalue weighted by Gasteiger charge is -2.13. The number of hydrogen-bond acceptors (Lipinski definition) is 4. The van der Waals surface area contributed by atoms with Crippen LogP contribution in [0.4, 0.5) is 11.5 Å². The third-order valence-corrected chi connectivity index (χ3v) is 2.89. The largest absolute Gasteiger partial charge is 0.384 e. The highest BCUT2D eigenvalue weighted by atomic mass is 15.0. The summed E-state index contributed by atoms with van der Waals surface area (Å²) in [4.78, 5) is 8.36. The number of anilines is 2. The summed E-state index contributed by atoms with van der Waals surface area (Å²) in [5.74, 6) is 1.21. The third kappa shape index (κ3) is 2.77. The van der Waals surface area contributed by atoms with Gasteiger partial charge in [-0.3, -0.25) is 0 Å². The standard InChI is InChI=1S/C14H18N4/c1-3-11-6-4-5-10(2)14(11)17-9-13-16-8-7-12(15)18-13/h4-8,17H,3,9H2,1-2H3,(H2,15,16,18). The number of aryl methyl sites for hydroxylation is 2.